The molecule has 0 aliphatic heterocycles. The smallest absolute Gasteiger partial charge is 0.260 e. The van der Waals surface area contributed by atoms with E-state index in [0.29, 0.717) is 17.5 Å². The second-order valence-electron chi connectivity index (χ2n) is 5.46. The van der Waals surface area contributed by atoms with Crippen LogP contribution < -0.4 is 5.73 Å². The molecule has 1 saturated carbocycles. The predicted octanol–water partition coefficient (Wildman–Crippen LogP) is 3.54. The molecule has 5 nitrogen and oxygen atoms in total. The molecule has 0 amide bonds. The van der Waals surface area contributed by atoms with Crippen LogP contribution in [0.2, 0.25) is 0 Å². The Morgan fingerprint density at radius 3 is 2.60 bits per heavy atom. The highest BCUT2D eigenvalue weighted by Crippen LogP contribution is 2.31. The molecule has 1 fully saturated rings. The van der Waals surface area contributed by atoms with Crippen LogP contribution in [0, 0.1) is 0 Å². The molecule has 0 spiro atoms. The van der Waals surface area contributed by atoms with Crippen molar-refractivity contribution in [3.8, 4) is 11.5 Å². The van der Waals surface area contributed by atoms with E-state index in [-0.39, 0.29) is 0 Å². The Bertz CT molecular complexity index is 559. The topological polar surface area (TPSA) is 77.8 Å². The van der Waals surface area contributed by atoms with E-state index in [4.69, 9.17) is 10.3 Å². The average Bonchev–Trinajstić information content (AvgIpc) is 2.88. The Morgan fingerprint density at radius 1 is 1.10 bits per heavy atom. The van der Waals surface area contributed by atoms with E-state index in [9.17, 15) is 0 Å². The third kappa shape index (κ3) is 2.81. The first kappa shape index (κ1) is 13.1. The highest BCUT2D eigenvalue weighted by molar-refractivity contribution is 5.68. The van der Waals surface area contributed by atoms with Gasteiger partial charge in [-0.3, -0.25) is 4.98 Å². The third-order valence-corrected chi connectivity index (χ3v) is 3.99. The maximum atomic E-state index is 5.90. The molecule has 0 bridgehead atoms. The van der Waals surface area contributed by atoms with E-state index in [1.54, 1.807) is 12.4 Å². The molecular formula is C15H20N4O. The summed E-state index contributed by atoms with van der Waals surface area (Å²) < 4.78 is 5.39. The predicted molar refractivity (Wildman–Crippen MR) is 77.0 cm³/mol. The van der Waals surface area contributed by atoms with Gasteiger partial charge in [0.15, 0.2) is 5.82 Å². The lowest BCUT2D eigenvalue weighted by Gasteiger charge is -2.15. The molecule has 2 aromatic rings. The van der Waals surface area contributed by atoms with Crippen LogP contribution in [-0.2, 0) is 0 Å². The van der Waals surface area contributed by atoms with E-state index in [2.05, 4.69) is 15.1 Å². The first-order valence-electron chi connectivity index (χ1n) is 7.38. The quantitative estimate of drug-likeness (QED) is 0.904. The summed E-state index contributed by atoms with van der Waals surface area (Å²) >= 11 is 0. The van der Waals surface area contributed by atoms with Gasteiger partial charge in [-0.05, 0) is 18.9 Å². The van der Waals surface area contributed by atoms with Gasteiger partial charge in [-0.2, -0.15) is 4.98 Å². The summed E-state index contributed by atoms with van der Waals surface area (Å²) in [5.41, 5.74) is 7.23. The van der Waals surface area contributed by atoms with Crippen LogP contribution in [0.25, 0.3) is 11.5 Å². The lowest BCUT2D eigenvalue weighted by Crippen LogP contribution is -2.04. The van der Waals surface area contributed by atoms with Crippen molar-refractivity contribution < 1.29 is 4.52 Å². The van der Waals surface area contributed by atoms with Gasteiger partial charge in [-0.15, -0.1) is 0 Å². The number of rotatable bonds is 2. The summed E-state index contributed by atoms with van der Waals surface area (Å²) in [6.45, 7) is 0. The fourth-order valence-corrected chi connectivity index (χ4v) is 2.83. The van der Waals surface area contributed by atoms with Crippen molar-refractivity contribution in [3.63, 3.8) is 0 Å². The monoisotopic (exact) mass is 272 g/mol. The van der Waals surface area contributed by atoms with Crippen LogP contribution in [-0.4, -0.2) is 15.1 Å². The van der Waals surface area contributed by atoms with Crippen molar-refractivity contribution in [1.82, 2.24) is 15.1 Å². The maximum absolute atomic E-state index is 5.90. The zero-order chi connectivity index (χ0) is 13.8. The second kappa shape index (κ2) is 6.03. The number of aromatic nitrogens is 3. The Hall–Kier alpha value is -1.91. The highest BCUT2D eigenvalue weighted by atomic mass is 16.5. The van der Waals surface area contributed by atoms with Crippen molar-refractivity contribution in [2.45, 2.75) is 50.9 Å². The Morgan fingerprint density at radius 2 is 1.85 bits per heavy atom. The molecule has 3 rings (SSSR count). The summed E-state index contributed by atoms with van der Waals surface area (Å²) in [4.78, 5) is 8.53. The van der Waals surface area contributed by atoms with Gasteiger partial charge in [0.1, 0.15) is 0 Å². The molecule has 0 atom stereocenters. The number of anilines is 1. The Balaban J connectivity index is 1.80. The van der Waals surface area contributed by atoms with Crippen LogP contribution in [0.5, 0.6) is 0 Å². The fourth-order valence-electron chi connectivity index (χ4n) is 2.83. The van der Waals surface area contributed by atoms with Crippen molar-refractivity contribution in [1.29, 1.82) is 0 Å². The van der Waals surface area contributed by atoms with Gasteiger partial charge in [0.2, 0.25) is 0 Å². The van der Waals surface area contributed by atoms with Gasteiger partial charge in [-0.1, -0.05) is 37.3 Å². The van der Waals surface area contributed by atoms with Gasteiger partial charge in [0.25, 0.3) is 5.89 Å². The van der Waals surface area contributed by atoms with Crippen molar-refractivity contribution in [2.75, 3.05) is 5.73 Å². The van der Waals surface area contributed by atoms with Crippen molar-refractivity contribution >= 4 is 5.69 Å². The van der Waals surface area contributed by atoms with Crippen LogP contribution in [0.15, 0.2) is 23.0 Å². The zero-order valence-electron chi connectivity index (χ0n) is 11.6. The average molecular weight is 272 g/mol. The van der Waals surface area contributed by atoms with E-state index < -0.39 is 0 Å². The van der Waals surface area contributed by atoms with Gasteiger partial charge >= 0.3 is 0 Å². The standard InChI is InChI=1S/C15H20N4O/c16-13-10-17-9-8-12(13)15-18-14(19-20-15)11-6-4-2-1-3-5-7-11/h8-11H,1-7,16H2. The SMILES string of the molecule is Nc1cnccc1-c1nc(C2CCCCCCC2)no1. The molecule has 0 unspecified atom stereocenters. The molecule has 2 heterocycles. The van der Waals surface area contributed by atoms with Crippen LogP contribution >= 0.6 is 0 Å². The van der Waals surface area contributed by atoms with Crippen LogP contribution in [0.4, 0.5) is 5.69 Å². The van der Waals surface area contributed by atoms with E-state index in [1.807, 2.05) is 6.07 Å². The van der Waals surface area contributed by atoms with E-state index in [0.717, 1.165) is 24.2 Å². The number of pyridine rings is 1. The van der Waals surface area contributed by atoms with Gasteiger partial charge < -0.3 is 10.3 Å². The van der Waals surface area contributed by atoms with Crippen molar-refractivity contribution in [3.05, 3.63) is 24.3 Å². The molecule has 2 aromatic heterocycles. The number of nitrogens with two attached hydrogens (primary N) is 1. The number of hydrogen-bond donors (Lipinski definition) is 1. The van der Waals surface area contributed by atoms with E-state index >= 15 is 0 Å². The van der Waals surface area contributed by atoms with Crippen LogP contribution in [0.1, 0.15) is 56.7 Å². The summed E-state index contributed by atoms with van der Waals surface area (Å²) in [7, 11) is 0. The molecule has 1 aliphatic carbocycles. The van der Waals surface area contributed by atoms with Gasteiger partial charge in [-0.25, -0.2) is 0 Å². The molecule has 0 radical (unpaired) electrons. The molecule has 0 aromatic carbocycles. The largest absolute Gasteiger partial charge is 0.397 e. The number of nitrogen functional groups attached to an aromatic ring is 1. The lowest BCUT2D eigenvalue weighted by molar-refractivity contribution is 0.393. The van der Waals surface area contributed by atoms with E-state index in [1.165, 1.54) is 32.1 Å². The third-order valence-electron chi connectivity index (χ3n) is 3.99. The molecule has 5 heteroatoms. The molecular weight excluding hydrogens is 252 g/mol. The summed E-state index contributed by atoms with van der Waals surface area (Å²) in [6, 6.07) is 1.81. The van der Waals surface area contributed by atoms with Gasteiger partial charge in [0, 0.05) is 12.1 Å². The molecule has 1 aliphatic rings. The fraction of sp³-hybridized carbons (Fsp3) is 0.533. The lowest BCUT2D eigenvalue weighted by atomic mass is 9.91. The second-order valence-corrected chi connectivity index (χ2v) is 5.46. The first-order chi connectivity index (χ1) is 9.84. The summed E-state index contributed by atoms with van der Waals surface area (Å²) in [6.07, 6.45) is 12.1. The molecule has 20 heavy (non-hydrogen) atoms. The minimum absolute atomic E-state index is 0.427. The number of hydrogen-bond acceptors (Lipinski definition) is 5. The summed E-state index contributed by atoms with van der Waals surface area (Å²) in [5.74, 6) is 1.76. The maximum Gasteiger partial charge on any atom is 0.260 e. The minimum Gasteiger partial charge on any atom is -0.397 e. The summed E-state index contributed by atoms with van der Waals surface area (Å²) in [5, 5.41) is 4.17. The number of nitrogens with zero attached hydrogens (tertiary/aromatic N) is 3. The van der Waals surface area contributed by atoms with Gasteiger partial charge in [0.05, 0.1) is 17.4 Å². The van der Waals surface area contributed by atoms with Crippen molar-refractivity contribution in [2.24, 2.45) is 0 Å². The Labute approximate surface area is 118 Å². The minimum atomic E-state index is 0.427. The normalized spacial score (nSPS) is 17.6. The van der Waals surface area contributed by atoms with Crippen LogP contribution in [0.3, 0.4) is 0 Å². The molecule has 106 valence electrons. The molecule has 0 saturated heterocycles. The first-order valence-corrected chi connectivity index (χ1v) is 7.38. The molecule has 2 N–H and O–H groups in total. The Kier molecular flexibility index (Phi) is 3.95. The highest BCUT2D eigenvalue weighted by Gasteiger charge is 2.20. The zero-order valence-corrected chi connectivity index (χ0v) is 11.6.